The molecule has 0 saturated carbocycles. The van der Waals surface area contributed by atoms with E-state index in [2.05, 4.69) is 17.5 Å². The highest BCUT2D eigenvalue weighted by atomic mass is 32.2. The van der Waals surface area contributed by atoms with Crippen LogP contribution in [0.4, 0.5) is 0 Å². The quantitative estimate of drug-likeness (QED) is 0.529. The largest absolute Gasteiger partial charge is 0.368 e. The number of hydrogen-bond acceptors (Lipinski definition) is 3. The van der Waals surface area contributed by atoms with Crippen molar-refractivity contribution in [1.82, 2.24) is 5.32 Å². The molecule has 0 fully saturated rings. The van der Waals surface area contributed by atoms with Gasteiger partial charge in [0.25, 0.3) is 10.1 Å². The standard InChI is InChI=1S/C5H7N.CH4O3S/c1-2-4-6-5-3-1;1-5(2,3)4/h2-6H,1H2;1H3,(H,2,3,4). The second-order valence-corrected chi connectivity index (χ2v) is 3.41. The first-order valence-corrected chi connectivity index (χ1v) is 4.83. The number of hydrogen-bond donors (Lipinski definition) is 2. The highest BCUT2D eigenvalue weighted by Crippen LogP contribution is 1.86. The molecule has 0 aromatic carbocycles. The van der Waals surface area contributed by atoms with Crippen molar-refractivity contribution >= 4 is 10.1 Å². The van der Waals surface area contributed by atoms with Crippen molar-refractivity contribution in [2.75, 3.05) is 6.26 Å². The molecule has 5 heteroatoms. The van der Waals surface area contributed by atoms with E-state index in [4.69, 9.17) is 4.55 Å². The normalized spacial score (nSPS) is 14.7. The maximum atomic E-state index is 9.19. The van der Waals surface area contributed by atoms with Gasteiger partial charge in [-0.2, -0.15) is 8.42 Å². The number of rotatable bonds is 0. The highest BCUT2D eigenvalue weighted by Gasteiger charge is 1.81. The average Bonchev–Trinajstić information content (AvgIpc) is 1.88. The van der Waals surface area contributed by atoms with E-state index in [0.717, 1.165) is 6.42 Å². The Kier molecular flexibility index (Phi) is 4.56. The molecule has 0 spiro atoms. The molecule has 64 valence electrons. The van der Waals surface area contributed by atoms with Crippen LogP contribution in [0.2, 0.25) is 0 Å². The summed E-state index contributed by atoms with van der Waals surface area (Å²) in [6.45, 7) is 0. The zero-order valence-corrected chi connectivity index (χ0v) is 7.00. The predicted molar refractivity (Wildman–Crippen MR) is 43.5 cm³/mol. The lowest BCUT2D eigenvalue weighted by Crippen LogP contribution is -1.93. The van der Waals surface area contributed by atoms with Gasteiger partial charge in [-0.15, -0.1) is 0 Å². The van der Waals surface area contributed by atoms with E-state index in [9.17, 15) is 8.42 Å². The van der Waals surface area contributed by atoms with Crippen molar-refractivity contribution in [3.05, 3.63) is 24.6 Å². The fourth-order valence-electron chi connectivity index (χ4n) is 0.406. The lowest BCUT2D eigenvalue weighted by molar-refractivity contribution is 0.490. The van der Waals surface area contributed by atoms with Crippen LogP contribution in [0.1, 0.15) is 6.42 Å². The minimum atomic E-state index is -3.67. The second kappa shape index (κ2) is 4.92. The van der Waals surface area contributed by atoms with Gasteiger partial charge in [-0.1, -0.05) is 12.2 Å². The topological polar surface area (TPSA) is 66.4 Å². The highest BCUT2D eigenvalue weighted by molar-refractivity contribution is 7.85. The van der Waals surface area contributed by atoms with Crippen LogP contribution in [-0.2, 0) is 10.1 Å². The third-order valence-electron chi connectivity index (χ3n) is 0.700. The molecule has 0 amide bonds. The van der Waals surface area contributed by atoms with Gasteiger partial charge in [0.05, 0.1) is 6.26 Å². The molecule has 0 unspecified atom stereocenters. The first-order valence-electron chi connectivity index (χ1n) is 2.98. The van der Waals surface area contributed by atoms with Crippen molar-refractivity contribution in [3.8, 4) is 0 Å². The maximum Gasteiger partial charge on any atom is 0.261 e. The maximum absolute atomic E-state index is 9.19. The summed E-state index contributed by atoms with van der Waals surface area (Å²) in [5.41, 5.74) is 0. The van der Waals surface area contributed by atoms with E-state index in [1.807, 2.05) is 12.4 Å². The Hall–Kier alpha value is -0.810. The first-order chi connectivity index (χ1) is 5.00. The molecule has 0 bridgehead atoms. The van der Waals surface area contributed by atoms with Gasteiger partial charge in [-0.3, -0.25) is 4.55 Å². The van der Waals surface area contributed by atoms with Gasteiger partial charge >= 0.3 is 0 Å². The predicted octanol–water partition coefficient (Wildman–Crippen LogP) is 0.511. The first kappa shape index (κ1) is 10.2. The summed E-state index contributed by atoms with van der Waals surface area (Å²) in [5.74, 6) is 0. The molecule has 0 aliphatic carbocycles. The number of dihydropyridines is 1. The number of nitrogens with one attached hydrogen (secondary N) is 1. The summed E-state index contributed by atoms with van der Waals surface area (Å²) in [7, 11) is -3.67. The molecule has 1 heterocycles. The molecule has 1 aliphatic rings. The zero-order valence-electron chi connectivity index (χ0n) is 6.19. The molecule has 1 rings (SSSR count). The minimum Gasteiger partial charge on any atom is -0.368 e. The van der Waals surface area contributed by atoms with Crippen LogP contribution in [0.25, 0.3) is 0 Å². The smallest absolute Gasteiger partial charge is 0.261 e. The lowest BCUT2D eigenvalue weighted by atomic mass is 10.4. The molecular weight excluding hydrogens is 166 g/mol. The summed E-state index contributed by atoms with van der Waals surface area (Å²) < 4.78 is 25.9. The van der Waals surface area contributed by atoms with Crippen molar-refractivity contribution in [1.29, 1.82) is 0 Å². The van der Waals surface area contributed by atoms with Crippen LogP contribution in [-0.4, -0.2) is 19.2 Å². The van der Waals surface area contributed by atoms with Crippen LogP contribution in [0.3, 0.4) is 0 Å². The second-order valence-electron chi connectivity index (χ2n) is 1.94. The average molecular weight is 177 g/mol. The Labute approximate surface area is 66.4 Å². The number of allylic oxidation sites excluding steroid dienone is 2. The van der Waals surface area contributed by atoms with E-state index in [1.54, 1.807) is 0 Å². The summed E-state index contributed by atoms with van der Waals surface area (Å²) in [6.07, 6.45) is 9.79. The van der Waals surface area contributed by atoms with E-state index >= 15 is 0 Å². The monoisotopic (exact) mass is 177 g/mol. The summed E-state index contributed by atoms with van der Waals surface area (Å²) in [5, 5.41) is 2.92. The Balaban J connectivity index is 0.000000187. The molecule has 0 radical (unpaired) electrons. The van der Waals surface area contributed by atoms with Gasteiger partial charge in [0.1, 0.15) is 0 Å². The van der Waals surface area contributed by atoms with E-state index in [0.29, 0.717) is 6.26 Å². The van der Waals surface area contributed by atoms with Crippen LogP contribution in [0, 0.1) is 0 Å². The van der Waals surface area contributed by atoms with Crippen LogP contribution in [0.5, 0.6) is 0 Å². The Morgan fingerprint density at radius 2 is 1.73 bits per heavy atom. The fourth-order valence-corrected chi connectivity index (χ4v) is 0.406. The van der Waals surface area contributed by atoms with Crippen molar-refractivity contribution in [3.63, 3.8) is 0 Å². The Morgan fingerprint density at radius 1 is 1.36 bits per heavy atom. The molecule has 0 aromatic heterocycles. The molecule has 1 aliphatic heterocycles. The van der Waals surface area contributed by atoms with Gasteiger partial charge in [0.2, 0.25) is 0 Å². The molecular formula is C6H11NO3S. The minimum absolute atomic E-state index is 0.715. The summed E-state index contributed by atoms with van der Waals surface area (Å²) in [6, 6.07) is 0. The molecule has 4 nitrogen and oxygen atoms in total. The van der Waals surface area contributed by atoms with Crippen molar-refractivity contribution in [2.45, 2.75) is 6.42 Å². The summed E-state index contributed by atoms with van der Waals surface area (Å²) in [4.78, 5) is 0. The third kappa shape index (κ3) is 17.6. The van der Waals surface area contributed by atoms with E-state index in [1.165, 1.54) is 0 Å². The Bertz CT molecular complexity index is 213. The summed E-state index contributed by atoms with van der Waals surface area (Å²) >= 11 is 0. The zero-order chi connectivity index (χ0) is 8.74. The van der Waals surface area contributed by atoms with Gasteiger partial charge in [0.15, 0.2) is 0 Å². The molecule has 0 atom stereocenters. The SMILES string of the molecule is C1=CNC=CC1.CS(=O)(=O)O. The van der Waals surface area contributed by atoms with Crippen LogP contribution >= 0.6 is 0 Å². The van der Waals surface area contributed by atoms with Gasteiger partial charge in [-0.25, -0.2) is 0 Å². The van der Waals surface area contributed by atoms with Gasteiger partial charge in [0, 0.05) is 0 Å². The molecule has 0 aromatic rings. The van der Waals surface area contributed by atoms with Crippen LogP contribution < -0.4 is 5.32 Å². The molecule has 0 saturated heterocycles. The van der Waals surface area contributed by atoms with Crippen molar-refractivity contribution in [2.24, 2.45) is 0 Å². The van der Waals surface area contributed by atoms with E-state index < -0.39 is 10.1 Å². The van der Waals surface area contributed by atoms with Crippen LogP contribution in [0.15, 0.2) is 24.6 Å². The lowest BCUT2D eigenvalue weighted by Gasteiger charge is -1.92. The van der Waals surface area contributed by atoms with Gasteiger partial charge < -0.3 is 5.32 Å². The third-order valence-corrected chi connectivity index (χ3v) is 0.700. The molecule has 2 N–H and O–H groups in total. The fraction of sp³-hybridized carbons (Fsp3) is 0.333. The van der Waals surface area contributed by atoms with Crippen molar-refractivity contribution < 1.29 is 13.0 Å². The molecule has 11 heavy (non-hydrogen) atoms. The van der Waals surface area contributed by atoms with E-state index in [-0.39, 0.29) is 0 Å². The Morgan fingerprint density at radius 3 is 1.82 bits per heavy atom. The van der Waals surface area contributed by atoms with Gasteiger partial charge in [-0.05, 0) is 18.8 Å².